The number of alkyl halides is 3. The van der Waals surface area contributed by atoms with Gasteiger partial charge in [0.2, 0.25) is 0 Å². The molecular weight excluding hydrogens is 429 g/mol. The monoisotopic (exact) mass is 458 g/mol. The molecule has 0 amide bonds. The van der Waals surface area contributed by atoms with Crippen molar-refractivity contribution >= 4 is 11.9 Å². The van der Waals surface area contributed by atoms with E-state index < -0.39 is 36.7 Å². The lowest BCUT2D eigenvalue weighted by Gasteiger charge is -2.15. The summed E-state index contributed by atoms with van der Waals surface area (Å²) >= 11 is 0. The summed E-state index contributed by atoms with van der Waals surface area (Å²) in [5.74, 6) is -1.74. The summed E-state index contributed by atoms with van der Waals surface area (Å²) in [7, 11) is 0. The first kappa shape index (κ1) is 29.1. The summed E-state index contributed by atoms with van der Waals surface area (Å²) in [6, 6.07) is 13.9. The predicted octanol–water partition coefficient (Wildman–Crippen LogP) is 4.57. The lowest BCUT2D eigenvalue weighted by Crippen LogP contribution is -2.31. The highest BCUT2D eigenvalue weighted by Crippen LogP contribution is 2.22. The van der Waals surface area contributed by atoms with Gasteiger partial charge in [-0.1, -0.05) is 38.1 Å². The molecule has 0 saturated heterocycles. The van der Waals surface area contributed by atoms with Crippen molar-refractivity contribution < 1.29 is 43.2 Å². The molecule has 0 aliphatic rings. The number of carboxylic acids is 2. The van der Waals surface area contributed by atoms with Gasteiger partial charge in [-0.25, -0.2) is 9.59 Å². The Bertz CT molecular complexity index is 758. The minimum atomic E-state index is -4.61. The summed E-state index contributed by atoms with van der Waals surface area (Å²) < 4.78 is 34.3. The van der Waals surface area contributed by atoms with E-state index in [4.69, 9.17) is 20.4 Å². The van der Waals surface area contributed by atoms with Gasteiger partial charge >= 0.3 is 18.1 Å². The Morgan fingerprint density at radius 2 is 1.09 bits per heavy atom. The topological polar surface area (TPSA) is 115 Å². The number of hydrogen-bond donors (Lipinski definition) is 4. The number of aliphatic hydroxyl groups excluding tert-OH is 2. The van der Waals surface area contributed by atoms with Crippen LogP contribution in [0.3, 0.4) is 0 Å². The van der Waals surface area contributed by atoms with E-state index in [1.165, 1.54) is 6.92 Å². The fraction of sp³-hybridized carbons (Fsp3) is 0.391. The number of carboxylic acid groups (broad SMARTS) is 2. The summed E-state index contributed by atoms with van der Waals surface area (Å²) in [4.78, 5) is 20.8. The molecule has 0 aromatic heterocycles. The average Bonchev–Trinajstić information content (AvgIpc) is 2.73. The summed E-state index contributed by atoms with van der Waals surface area (Å²) in [6.07, 6.45) is -6.93. The molecule has 0 fully saturated rings. The van der Waals surface area contributed by atoms with Crippen molar-refractivity contribution in [3.05, 3.63) is 70.8 Å². The first-order valence-electron chi connectivity index (χ1n) is 9.89. The van der Waals surface area contributed by atoms with E-state index in [9.17, 15) is 22.8 Å². The van der Waals surface area contributed by atoms with E-state index in [1.54, 1.807) is 24.3 Å². The first-order chi connectivity index (χ1) is 14.8. The number of aryl methyl sites for hydroxylation is 2. The molecule has 0 spiro atoms. The van der Waals surface area contributed by atoms with Gasteiger partial charge in [0.15, 0.2) is 6.10 Å². The number of halogens is 3. The third kappa shape index (κ3) is 12.1. The van der Waals surface area contributed by atoms with Crippen molar-refractivity contribution in [1.29, 1.82) is 0 Å². The van der Waals surface area contributed by atoms with E-state index in [0.717, 1.165) is 24.0 Å². The summed E-state index contributed by atoms with van der Waals surface area (Å²) in [5.41, 5.74) is 3.02. The Labute approximate surface area is 185 Å². The zero-order chi connectivity index (χ0) is 24.9. The molecule has 6 nitrogen and oxygen atoms in total. The maximum absolute atomic E-state index is 11.4. The van der Waals surface area contributed by atoms with Crippen LogP contribution < -0.4 is 0 Å². The van der Waals surface area contributed by atoms with Gasteiger partial charge in [0, 0.05) is 6.42 Å². The van der Waals surface area contributed by atoms with Gasteiger partial charge in [-0.15, -0.1) is 0 Å². The van der Waals surface area contributed by atoms with Crippen LogP contribution in [0.1, 0.15) is 59.0 Å². The Hall–Kier alpha value is -2.91. The molecule has 178 valence electrons. The van der Waals surface area contributed by atoms with Crippen molar-refractivity contribution in [2.24, 2.45) is 0 Å². The normalized spacial score (nSPS) is 12.4. The number of rotatable bonds is 6. The van der Waals surface area contributed by atoms with Gasteiger partial charge in [-0.05, 0) is 55.2 Å². The van der Waals surface area contributed by atoms with E-state index in [1.807, 2.05) is 38.1 Å². The quantitative estimate of drug-likeness (QED) is 0.504. The molecule has 9 heteroatoms. The Morgan fingerprint density at radius 3 is 1.25 bits per heavy atom. The second-order valence-corrected chi connectivity index (χ2v) is 6.85. The molecular formula is C23H29F3O6. The fourth-order valence-corrected chi connectivity index (χ4v) is 2.22. The van der Waals surface area contributed by atoms with E-state index in [2.05, 4.69) is 0 Å². The van der Waals surface area contributed by atoms with Crippen molar-refractivity contribution in [3.63, 3.8) is 0 Å². The second kappa shape index (κ2) is 14.2. The predicted molar refractivity (Wildman–Crippen MR) is 114 cm³/mol. The molecule has 0 bridgehead atoms. The molecule has 0 saturated carbocycles. The van der Waals surface area contributed by atoms with Crippen LogP contribution in [-0.4, -0.2) is 50.7 Å². The largest absolute Gasteiger partial charge is 0.478 e. The van der Waals surface area contributed by atoms with Crippen LogP contribution in [0.15, 0.2) is 48.5 Å². The highest BCUT2D eigenvalue weighted by Gasteiger charge is 2.38. The smallest absolute Gasteiger partial charge is 0.414 e. The average molecular weight is 458 g/mol. The fourth-order valence-electron chi connectivity index (χ4n) is 2.22. The molecule has 2 rings (SSSR count). The van der Waals surface area contributed by atoms with Crippen LogP contribution in [0.5, 0.6) is 0 Å². The van der Waals surface area contributed by atoms with Gasteiger partial charge in [-0.3, -0.25) is 0 Å². The van der Waals surface area contributed by atoms with Crippen molar-refractivity contribution in [3.8, 4) is 0 Å². The molecule has 4 N–H and O–H groups in total. The maximum Gasteiger partial charge on any atom is 0.414 e. The molecule has 2 unspecified atom stereocenters. The minimum Gasteiger partial charge on any atom is -0.478 e. The molecule has 0 heterocycles. The summed E-state index contributed by atoms with van der Waals surface area (Å²) in [5, 5.41) is 33.8. The third-order valence-corrected chi connectivity index (χ3v) is 4.16. The van der Waals surface area contributed by atoms with Gasteiger partial charge in [-0.2, -0.15) is 13.2 Å². The van der Waals surface area contributed by atoms with Crippen LogP contribution in [-0.2, 0) is 12.8 Å². The molecule has 0 radical (unpaired) electrons. The number of aromatic carboxylic acids is 2. The first-order valence-corrected chi connectivity index (χ1v) is 9.89. The highest BCUT2D eigenvalue weighted by atomic mass is 19.4. The van der Waals surface area contributed by atoms with Gasteiger partial charge in [0.05, 0.1) is 17.2 Å². The van der Waals surface area contributed by atoms with Crippen molar-refractivity contribution in [2.45, 2.75) is 58.4 Å². The standard InChI is InChI=1S/2C9H10O2.C5H9F3O2/c2*1-2-7-3-5-8(6-4-7)9(10)11;1-3(9)2-4(10)5(6,7)8/h2*3-6H,2H2,1H3,(H,10,11);3-4,9-10H,2H2,1H3. The van der Waals surface area contributed by atoms with Crippen molar-refractivity contribution in [1.82, 2.24) is 0 Å². The maximum atomic E-state index is 11.4. The van der Waals surface area contributed by atoms with Gasteiger partial charge in [0.25, 0.3) is 0 Å². The van der Waals surface area contributed by atoms with Crippen molar-refractivity contribution in [2.75, 3.05) is 0 Å². The number of aliphatic hydroxyl groups is 2. The van der Waals surface area contributed by atoms with Crippen LogP contribution >= 0.6 is 0 Å². The minimum absolute atomic E-state index is 0.349. The Morgan fingerprint density at radius 1 is 0.781 bits per heavy atom. The van der Waals surface area contributed by atoms with Gasteiger partial charge in [0.1, 0.15) is 0 Å². The molecule has 0 aliphatic carbocycles. The highest BCUT2D eigenvalue weighted by molar-refractivity contribution is 5.87. The zero-order valence-corrected chi connectivity index (χ0v) is 18.1. The number of hydrogen-bond acceptors (Lipinski definition) is 4. The molecule has 32 heavy (non-hydrogen) atoms. The lowest BCUT2D eigenvalue weighted by molar-refractivity contribution is -0.210. The number of carbonyl (C=O) groups is 2. The summed E-state index contributed by atoms with van der Waals surface area (Å²) in [6.45, 7) is 5.26. The molecule has 2 atom stereocenters. The Balaban J connectivity index is 0.000000452. The van der Waals surface area contributed by atoms with E-state index in [-0.39, 0.29) is 0 Å². The van der Waals surface area contributed by atoms with Gasteiger partial charge < -0.3 is 20.4 Å². The van der Waals surface area contributed by atoms with Crippen LogP contribution in [0, 0.1) is 0 Å². The van der Waals surface area contributed by atoms with Crippen LogP contribution in [0.25, 0.3) is 0 Å². The molecule has 2 aromatic carbocycles. The number of benzene rings is 2. The van der Waals surface area contributed by atoms with Crippen LogP contribution in [0.4, 0.5) is 13.2 Å². The molecule has 2 aromatic rings. The Kier molecular flexibility index (Phi) is 12.9. The molecule has 0 aliphatic heterocycles. The SMILES string of the molecule is CC(O)CC(O)C(F)(F)F.CCc1ccc(C(=O)O)cc1.CCc1ccc(C(=O)O)cc1. The van der Waals surface area contributed by atoms with E-state index in [0.29, 0.717) is 11.1 Å². The van der Waals surface area contributed by atoms with Crippen LogP contribution in [0.2, 0.25) is 0 Å². The van der Waals surface area contributed by atoms with E-state index >= 15 is 0 Å². The lowest BCUT2D eigenvalue weighted by atomic mass is 10.1. The second-order valence-electron chi connectivity index (χ2n) is 6.85. The third-order valence-electron chi connectivity index (χ3n) is 4.16. The zero-order valence-electron chi connectivity index (χ0n) is 18.1.